The molecule has 4 aromatic rings. The van der Waals surface area contributed by atoms with Crippen LogP contribution in [0.2, 0.25) is 0 Å². The molecule has 6 heteroatoms. The molecule has 0 saturated heterocycles. The number of aryl methyl sites for hydroxylation is 2. The number of rotatable bonds is 4. The number of methoxy groups -OCH3 is 1. The molecule has 1 aliphatic rings. The summed E-state index contributed by atoms with van der Waals surface area (Å²) in [6.45, 7) is 0.692. The second-order valence-electron chi connectivity index (χ2n) is 7.84. The van der Waals surface area contributed by atoms with Crippen LogP contribution in [0.15, 0.2) is 66.9 Å². The second-order valence-corrected chi connectivity index (χ2v) is 7.84. The highest BCUT2D eigenvalue weighted by Gasteiger charge is 2.27. The van der Waals surface area contributed by atoms with Crippen LogP contribution in [0.1, 0.15) is 11.1 Å². The van der Waals surface area contributed by atoms with Crippen molar-refractivity contribution in [2.24, 2.45) is 0 Å². The quantitative estimate of drug-likeness (QED) is 0.223. The molecule has 0 amide bonds. The number of pyridine rings is 1. The lowest BCUT2D eigenvalue weighted by Gasteiger charge is -2.17. The van der Waals surface area contributed by atoms with Crippen LogP contribution in [0.25, 0.3) is 22.0 Å². The lowest BCUT2D eigenvalue weighted by Crippen LogP contribution is -2.40. The summed E-state index contributed by atoms with van der Waals surface area (Å²) >= 11 is 0. The summed E-state index contributed by atoms with van der Waals surface area (Å²) in [4.78, 5) is 12.7. The lowest BCUT2D eigenvalue weighted by molar-refractivity contribution is -0.686. The van der Waals surface area contributed by atoms with E-state index in [2.05, 4.69) is 4.57 Å². The van der Waals surface area contributed by atoms with Crippen LogP contribution in [0.4, 0.5) is 0 Å². The lowest BCUT2D eigenvalue weighted by atomic mass is 9.95. The number of nitrogens with zero attached hydrogens (tertiary/aromatic N) is 1. The fourth-order valence-electron chi connectivity index (χ4n) is 4.21. The smallest absolute Gasteiger partial charge is 0.315 e. The molecule has 5 rings (SSSR count). The predicted octanol–water partition coefficient (Wildman–Crippen LogP) is 3.92. The zero-order chi connectivity index (χ0) is 22.2. The number of carbonyl (C=O) groups excluding carboxylic acids is 1. The maximum Gasteiger partial charge on any atom is 0.315 e. The summed E-state index contributed by atoms with van der Waals surface area (Å²) in [7, 11) is 1.55. The van der Waals surface area contributed by atoms with E-state index >= 15 is 0 Å². The van der Waals surface area contributed by atoms with Crippen molar-refractivity contribution in [1.82, 2.24) is 0 Å². The minimum atomic E-state index is -0.365. The van der Waals surface area contributed by atoms with Crippen molar-refractivity contribution in [3.63, 3.8) is 0 Å². The number of fused-ring (bicyclic) bond motifs is 4. The fourth-order valence-corrected chi connectivity index (χ4v) is 4.21. The van der Waals surface area contributed by atoms with Crippen molar-refractivity contribution >= 4 is 16.7 Å². The van der Waals surface area contributed by atoms with Gasteiger partial charge in [-0.25, -0.2) is 0 Å². The van der Waals surface area contributed by atoms with Gasteiger partial charge in [0.2, 0.25) is 5.69 Å². The van der Waals surface area contributed by atoms with Gasteiger partial charge in [-0.1, -0.05) is 30.3 Å². The molecule has 0 spiro atoms. The van der Waals surface area contributed by atoms with Gasteiger partial charge in [0.15, 0.2) is 35.7 Å². The Bertz CT molecular complexity index is 1350. The summed E-state index contributed by atoms with van der Waals surface area (Å²) in [6.07, 6.45) is 2.82. The van der Waals surface area contributed by atoms with Gasteiger partial charge in [0.25, 0.3) is 0 Å². The third-order valence-electron chi connectivity index (χ3n) is 5.81. The van der Waals surface area contributed by atoms with Crippen molar-refractivity contribution in [1.29, 1.82) is 0 Å². The van der Waals surface area contributed by atoms with Crippen LogP contribution in [-0.2, 0) is 24.2 Å². The Balaban J connectivity index is 1.58. The Morgan fingerprint density at radius 1 is 1.03 bits per heavy atom. The summed E-state index contributed by atoms with van der Waals surface area (Å²) in [5, 5.41) is 21.5. The molecule has 0 saturated carbocycles. The van der Waals surface area contributed by atoms with Gasteiger partial charge in [0.1, 0.15) is 0 Å². The van der Waals surface area contributed by atoms with Crippen LogP contribution in [0, 0.1) is 0 Å². The minimum Gasteiger partial charge on any atom is -0.504 e. The number of hydrogen-bond donors (Lipinski definition) is 2. The molecule has 0 unspecified atom stereocenters. The molecule has 0 atom stereocenters. The van der Waals surface area contributed by atoms with E-state index in [1.807, 2.05) is 48.7 Å². The van der Waals surface area contributed by atoms with Gasteiger partial charge in [-0.15, -0.1) is 0 Å². The van der Waals surface area contributed by atoms with E-state index in [9.17, 15) is 15.0 Å². The summed E-state index contributed by atoms with van der Waals surface area (Å²) in [5.41, 5.74) is 3.64. The van der Waals surface area contributed by atoms with Crippen LogP contribution >= 0.6 is 0 Å². The molecule has 160 valence electrons. The Hall–Kier alpha value is -4.06. The number of aromatic hydroxyl groups is 2. The summed E-state index contributed by atoms with van der Waals surface area (Å²) < 4.78 is 13.3. The van der Waals surface area contributed by atoms with Crippen LogP contribution in [0.3, 0.4) is 0 Å². The van der Waals surface area contributed by atoms with Crippen molar-refractivity contribution in [3.8, 4) is 34.3 Å². The van der Waals surface area contributed by atoms with Crippen LogP contribution in [0.5, 0.6) is 23.0 Å². The van der Waals surface area contributed by atoms with Crippen molar-refractivity contribution < 1.29 is 29.0 Å². The predicted molar refractivity (Wildman–Crippen MR) is 119 cm³/mol. The normalized spacial score (nSPS) is 12.2. The number of ether oxygens (including phenoxy) is 2. The SMILES string of the molecule is COc1ccc2cc3[n+](cc2c1OC(=O)Cc1ccccc1)CCc1cc(O)c(O)cc1-3. The second kappa shape index (κ2) is 7.89. The number of hydrogen-bond acceptors (Lipinski definition) is 5. The monoisotopic (exact) mass is 428 g/mol. The first-order chi connectivity index (χ1) is 15.5. The molecule has 6 nitrogen and oxygen atoms in total. The fraction of sp³-hybridized carbons (Fsp3) is 0.154. The van der Waals surface area contributed by atoms with Crippen LogP contribution in [-0.4, -0.2) is 23.3 Å². The molecule has 1 aromatic heterocycles. The van der Waals surface area contributed by atoms with E-state index in [1.54, 1.807) is 25.3 Å². The Kier molecular flexibility index (Phi) is 4.90. The number of aromatic nitrogens is 1. The van der Waals surface area contributed by atoms with Gasteiger partial charge < -0.3 is 19.7 Å². The van der Waals surface area contributed by atoms with Gasteiger partial charge in [0.05, 0.1) is 24.5 Å². The highest BCUT2D eigenvalue weighted by Crippen LogP contribution is 2.39. The van der Waals surface area contributed by atoms with Gasteiger partial charge in [0, 0.05) is 12.5 Å². The minimum absolute atomic E-state index is 0.115. The first kappa shape index (κ1) is 19.9. The van der Waals surface area contributed by atoms with Crippen molar-refractivity contribution in [3.05, 3.63) is 78.0 Å². The molecule has 0 aliphatic carbocycles. The Morgan fingerprint density at radius 3 is 2.59 bits per heavy atom. The van der Waals surface area contributed by atoms with Gasteiger partial charge in [-0.05, 0) is 40.8 Å². The highest BCUT2D eigenvalue weighted by atomic mass is 16.6. The van der Waals surface area contributed by atoms with E-state index in [0.29, 0.717) is 24.5 Å². The van der Waals surface area contributed by atoms with Gasteiger partial charge in [-0.3, -0.25) is 4.79 Å². The van der Waals surface area contributed by atoms with E-state index in [0.717, 1.165) is 33.2 Å². The molecular formula is C26H22NO5+. The number of carbonyl (C=O) groups is 1. The molecule has 2 N–H and O–H groups in total. The average molecular weight is 428 g/mol. The maximum absolute atomic E-state index is 12.7. The molecule has 0 fully saturated rings. The molecular weight excluding hydrogens is 406 g/mol. The zero-order valence-corrected chi connectivity index (χ0v) is 17.5. The van der Waals surface area contributed by atoms with Gasteiger partial charge in [-0.2, -0.15) is 4.57 Å². The molecule has 0 bridgehead atoms. The topological polar surface area (TPSA) is 79.9 Å². The highest BCUT2D eigenvalue weighted by molar-refractivity contribution is 5.94. The maximum atomic E-state index is 12.7. The number of benzene rings is 3. The van der Waals surface area contributed by atoms with Gasteiger partial charge >= 0.3 is 5.97 Å². The van der Waals surface area contributed by atoms with E-state index in [4.69, 9.17) is 9.47 Å². The molecule has 2 heterocycles. The standard InChI is InChI=1S/C26H21NO5/c1-31-24-8-7-17-12-21-19-14-23(29)22(28)13-18(19)9-10-27(21)15-20(17)26(24)32-25(30)11-16-5-3-2-4-6-16/h2-8,12-15,29H,9-11H2,1H3/p+1. The Morgan fingerprint density at radius 2 is 1.81 bits per heavy atom. The van der Waals surface area contributed by atoms with Crippen molar-refractivity contribution in [2.45, 2.75) is 19.4 Å². The molecule has 32 heavy (non-hydrogen) atoms. The van der Waals surface area contributed by atoms with E-state index < -0.39 is 0 Å². The average Bonchev–Trinajstić information content (AvgIpc) is 2.80. The number of esters is 1. The third-order valence-corrected chi connectivity index (χ3v) is 5.81. The number of phenols is 2. The van der Waals surface area contributed by atoms with Crippen molar-refractivity contribution in [2.75, 3.05) is 7.11 Å². The molecule has 3 aromatic carbocycles. The molecule has 0 radical (unpaired) electrons. The molecule has 1 aliphatic heterocycles. The van der Waals surface area contributed by atoms with E-state index in [-0.39, 0.29) is 23.9 Å². The largest absolute Gasteiger partial charge is 0.504 e. The number of phenolic OH excluding ortho intramolecular Hbond substituents is 2. The summed E-state index contributed by atoms with van der Waals surface area (Å²) in [5.74, 6) is 0.243. The first-order valence-electron chi connectivity index (χ1n) is 10.4. The van der Waals surface area contributed by atoms with E-state index in [1.165, 1.54) is 0 Å². The zero-order valence-electron chi connectivity index (χ0n) is 17.5. The third kappa shape index (κ3) is 3.50. The summed E-state index contributed by atoms with van der Waals surface area (Å²) in [6, 6.07) is 18.4. The van der Waals surface area contributed by atoms with Crippen LogP contribution < -0.4 is 14.0 Å². The first-order valence-corrected chi connectivity index (χ1v) is 10.4. The Labute approximate surface area is 184 Å².